The van der Waals surface area contributed by atoms with Gasteiger partial charge < -0.3 is 9.88 Å². The summed E-state index contributed by atoms with van der Waals surface area (Å²) in [5, 5.41) is 3.45. The molecular formula is C16H17N3. The van der Waals surface area contributed by atoms with Crippen molar-refractivity contribution >= 4 is 16.7 Å². The van der Waals surface area contributed by atoms with Crippen molar-refractivity contribution in [3.05, 3.63) is 60.9 Å². The Hall–Kier alpha value is -2.29. The van der Waals surface area contributed by atoms with Gasteiger partial charge in [0.15, 0.2) is 0 Å². The average Bonchev–Trinajstić information content (AvgIpc) is 2.90. The number of anilines is 1. The van der Waals surface area contributed by atoms with E-state index in [0.717, 1.165) is 17.7 Å². The molecule has 3 nitrogen and oxygen atoms in total. The van der Waals surface area contributed by atoms with Crippen molar-refractivity contribution in [1.29, 1.82) is 0 Å². The van der Waals surface area contributed by atoms with Crippen molar-refractivity contribution in [2.75, 3.05) is 11.9 Å². The van der Waals surface area contributed by atoms with Gasteiger partial charge in [-0.1, -0.05) is 30.3 Å². The Bertz CT molecular complexity index is 658. The highest BCUT2D eigenvalue weighted by atomic mass is 15.1. The molecule has 0 saturated carbocycles. The minimum Gasteiger partial charge on any atom is -0.383 e. The van der Waals surface area contributed by atoms with Crippen LogP contribution in [-0.4, -0.2) is 16.1 Å². The number of hydrogen-bond acceptors (Lipinski definition) is 2. The summed E-state index contributed by atoms with van der Waals surface area (Å²) in [5.41, 5.74) is 3.39. The Labute approximate surface area is 112 Å². The number of benzene rings is 2. The lowest BCUT2D eigenvalue weighted by Crippen LogP contribution is -2.15. The second-order valence-electron chi connectivity index (χ2n) is 4.74. The number of aromatic nitrogens is 2. The lowest BCUT2D eigenvalue weighted by atomic mass is 10.2. The van der Waals surface area contributed by atoms with E-state index in [-0.39, 0.29) is 0 Å². The molecule has 0 fully saturated rings. The molecule has 0 amide bonds. The number of imidazole rings is 1. The van der Waals surface area contributed by atoms with Crippen molar-refractivity contribution in [3.8, 4) is 0 Å². The Morgan fingerprint density at radius 3 is 2.63 bits per heavy atom. The normalized spacial score (nSPS) is 12.5. The van der Waals surface area contributed by atoms with Gasteiger partial charge in [-0.3, -0.25) is 0 Å². The second-order valence-corrected chi connectivity index (χ2v) is 4.74. The monoisotopic (exact) mass is 251 g/mol. The molecular weight excluding hydrogens is 234 g/mol. The minimum absolute atomic E-state index is 0.354. The SMILES string of the molecule is CC(CNc1ccccc1)n1cnc2ccccc21. The van der Waals surface area contributed by atoms with Gasteiger partial charge in [0.2, 0.25) is 0 Å². The molecule has 2 aromatic carbocycles. The third-order valence-electron chi connectivity index (χ3n) is 3.33. The zero-order valence-electron chi connectivity index (χ0n) is 11.0. The number of para-hydroxylation sites is 3. The molecule has 96 valence electrons. The van der Waals surface area contributed by atoms with E-state index in [1.807, 2.05) is 36.7 Å². The first-order valence-corrected chi connectivity index (χ1v) is 6.55. The molecule has 1 aromatic heterocycles. The van der Waals surface area contributed by atoms with Crippen molar-refractivity contribution in [1.82, 2.24) is 9.55 Å². The largest absolute Gasteiger partial charge is 0.383 e. The summed E-state index contributed by atoms with van der Waals surface area (Å²) in [4.78, 5) is 4.43. The van der Waals surface area contributed by atoms with Crippen LogP contribution in [0.15, 0.2) is 60.9 Å². The third kappa shape index (κ3) is 2.45. The first-order valence-electron chi connectivity index (χ1n) is 6.55. The van der Waals surface area contributed by atoms with Crippen molar-refractivity contribution in [2.24, 2.45) is 0 Å². The number of nitrogens with one attached hydrogen (secondary N) is 1. The van der Waals surface area contributed by atoms with Crippen molar-refractivity contribution < 1.29 is 0 Å². The van der Waals surface area contributed by atoms with Crippen LogP contribution in [0.2, 0.25) is 0 Å². The maximum atomic E-state index is 4.43. The molecule has 3 rings (SSSR count). The summed E-state index contributed by atoms with van der Waals surface area (Å²) in [6.07, 6.45) is 1.92. The summed E-state index contributed by atoms with van der Waals surface area (Å²) >= 11 is 0. The van der Waals surface area contributed by atoms with Gasteiger partial charge in [-0.15, -0.1) is 0 Å². The third-order valence-corrected chi connectivity index (χ3v) is 3.33. The summed E-state index contributed by atoms with van der Waals surface area (Å²) in [6, 6.07) is 18.9. The standard InChI is InChI=1S/C16H17N3/c1-13(11-17-14-7-3-2-4-8-14)19-12-18-15-9-5-6-10-16(15)19/h2-10,12-13,17H,11H2,1H3. The molecule has 0 aliphatic heterocycles. The summed E-state index contributed by atoms with van der Waals surface area (Å²) in [5.74, 6) is 0. The second kappa shape index (κ2) is 5.14. The Kier molecular flexibility index (Phi) is 3.19. The molecule has 3 aromatic rings. The zero-order valence-corrected chi connectivity index (χ0v) is 11.0. The lowest BCUT2D eigenvalue weighted by Gasteiger charge is -2.16. The van der Waals surface area contributed by atoms with Crippen LogP contribution in [-0.2, 0) is 0 Å². The summed E-state index contributed by atoms with van der Waals surface area (Å²) in [6.45, 7) is 3.08. The molecule has 19 heavy (non-hydrogen) atoms. The molecule has 0 spiro atoms. The van der Waals surface area contributed by atoms with E-state index in [1.165, 1.54) is 5.52 Å². The number of rotatable bonds is 4. The van der Waals surface area contributed by atoms with Gasteiger partial charge >= 0.3 is 0 Å². The molecule has 1 atom stereocenters. The van der Waals surface area contributed by atoms with E-state index >= 15 is 0 Å². The number of nitrogens with zero attached hydrogens (tertiary/aromatic N) is 2. The zero-order chi connectivity index (χ0) is 13.1. The van der Waals surface area contributed by atoms with E-state index in [9.17, 15) is 0 Å². The summed E-state index contributed by atoms with van der Waals surface area (Å²) in [7, 11) is 0. The molecule has 1 heterocycles. The van der Waals surface area contributed by atoms with E-state index in [2.05, 4.69) is 46.1 Å². The van der Waals surface area contributed by atoms with Gasteiger partial charge in [-0.2, -0.15) is 0 Å². The topological polar surface area (TPSA) is 29.9 Å². The molecule has 1 N–H and O–H groups in total. The molecule has 0 aliphatic carbocycles. The van der Waals surface area contributed by atoms with E-state index in [1.54, 1.807) is 0 Å². The van der Waals surface area contributed by atoms with Gasteiger partial charge in [0.25, 0.3) is 0 Å². The predicted molar refractivity (Wildman–Crippen MR) is 79.4 cm³/mol. The Morgan fingerprint density at radius 2 is 1.79 bits per heavy atom. The van der Waals surface area contributed by atoms with Gasteiger partial charge in [0, 0.05) is 18.3 Å². The molecule has 0 saturated heterocycles. The van der Waals surface area contributed by atoms with Gasteiger partial charge in [-0.05, 0) is 31.2 Å². The Morgan fingerprint density at radius 1 is 1.05 bits per heavy atom. The van der Waals surface area contributed by atoms with E-state index < -0.39 is 0 Å². The number of fused-ring (bicyclic) bond motifs is 1. The van der Waals surface area contributed by atoms with Crippen molar-refractivity contribution in [2.45, 2.75) is 13.0 Å². The Balaban J connectivity index is 1.75. The molecule has 3 heteroatoms. The predicted octanol–water partition coefficient (Wildman–Crippen LogP) is 3.71. The summed E-state index contributed by atoms with van der Waals surface area (Å²) < 4.78 is 2.21. The van der Waals surface area contributed by atoms with Crippen LogP contribution in [0.3, 0.4) is 0 Å². The fourth-order valence-corrected chi connectivity index (χ4v) is 2.25. The van der Waals surface area contributed by atoms with Crippen LogP contribution in [0.25, 0.3) is 11.0 Å². The first kappa shape index (κ1) is 11.8. The van der Waals surface area contributed by atoms with Crippen LogP contribution < -0.4 is 5.32 Å². The number of hydrogen-bond donors (Lipinski definition) is 1. The lowest BCUT2D eigenvalue weighted by molar-refractivity contribution is 0.589. The molecule has 0 bridgehead atoms. The van der Waals surface area contributed by atoms with Gasteiger partial charge in [-0.25, -0.2) is 4.98 Å². The smallest absolute Gasteiger partial charge is 0.0961 e. The first-order chi connectivity index (χ1) is 9.34. The highest BCUT2D eigenvalue weighted by molar-refractivity contribution is 5.75. The minimum atomic E-state index is 0.354. The van der Waals surface area contributed by atoms with Crippen LogP contribution in [0.1, 0.15) is 13.0 Å². The maximum absolute atomic E-state index is 4.43. The fraction of sp³-hybridized carbons (Fsp3) is 0.188. The van der Waals surface area contributed by atoms with Gasteiger partial charge in [0.05, 0.1) is 17.4 Å². The van der Waals surface area contributed by atoms with E-state index in [4.69, 9.17) is 0 Å². The van der Waals surface area contributed by atoms with Crippen molar-refractivity contribution in [3.63, 3.8) is 0 Å². The molecule has 0 radical (unpaired) electrons. The highest BCUT2D eigenvalue weighted by Gasteiger charge is 2.08. The van der Waals surface area contributed by atoms with Crippen LogP contribution >= 0.6 is 0 Å². The average molecular weight is 251 g/mol. The van der Waals surface area contributed by atoms with Crippen LogP contribution in [0.4, 0.5) is 5.69 Å². The highest BCUT2D eigenvalue weighted by Crippen LogP contribution is 2.17. The van der Waals surface area contributed by atoms with Crippen LogP contribution in [0.5, 0.6) is 0 Å². The van der Waals surface area contributed by atoms with Crippen LogP contribution in [0, 0.1) is 0 Å². The molecule has 1 unspecified atom stereocenters. The maximum Gasteiger partial charge on any atom is 0.0961 e. The fourth-order valence-electron chi connectivity index (χ4n) is 2.25. The molecule has 0 aliphatic rings. The quantitative estimate of drug-likeness (QED) is 0.766. The van der Waals surface area contributed by atoms with E-state index in [0.29, 0.717) is 6.04 Å². The van der Waals surface area contributed by atoms with Gasteiger partial charge in [0.1, 0.15) is 0 Å².